The second-order valence-corrected chi connectivity index (χ2v) is 5.11. The first-order chi connectivity index (χ1) is 7.61. The van der Waals surface area contributed by atoms with Gasteiger partial charge in [0.2, 0.25) is 11.8 Å². The molecule has 90 valence electrons. The van der Waals surface area contributed by atoms with Crippen LogP contribution < -0.4 is 5.32 Å². The van der Waals surface area contributed by atoms with Crippen molar-refractivity contribution in [2.24, 2.45) is 5.41 Å². The number of amides is 2. The highest BCUT2D eigenvalue weighted by molar-refractivity contribution is 5.76. The SMILES string of the molecule is CC(=O)N1CCC2(CCNC(=O)CC2)CC1. The molecule has 0 atom stereocenters. The number of nitrogens with zero attached hydrogens (tertiary/aromatic N) is 1. The van der Waals surface area contributed by atoms with Crippen molar-refractivity contribution in [3.8, 4) is 0 Å². The first-order valence-corrected chi connectivity index (χ1v) is 6.14. The van der Waals surface area contributed by atoms with E-state index in [9.17, 15) is 9.59 Å². The fraction of sp³-hybridized carbons (Fsp3) is 0.833. The topological polar surface area (TPSA) is 49.4 Å². The molecule has 2 saturated heterocycles. The molecule has 4 heteroatoms. The Bertz CT molecular complexity index is 293. The van der Waals surface area contributed by atoms with Crippen molar-refractivity contribution >= 4 is 11.8 Å². The molecular formula is C12H20N2O2. The smallest absolute Gasteiger partial charge is 0.220 e. The lowest BCUT2D eigenvalue weighted by Crippen LogP contribution is -2.42. The minimum atomic E-state index is 0.178. The predicted molar refractivity (Wildman–Crippen MR) is 60.8 cm³/mol. The fourth-order valence-electron chi connectivity index (χ4n) is 2.86. The van der Waals surface area contributed by atoms with Crippen molar-refractivity contribution in [2.75, 3.05) is 19.6 Å². The molecule has 0 saturated carbocycles. The van der Waals surface area contributed by atoms with Crippen LogP contribution in [0, 0.1) is 5.41 Å². The van der Waals surface area contributed by atoms with Crippen LogP contribution in [0.5, 0.6) is 0 Å². The molecule has 2 rings (SSSR count). The monoisotopic (exact) mass is 224 g/mol. The molecule has 0 radical (unpaired) electrons. The maximum absolute atomic E-state index is 11.3. The molecule has 0 aliphatic carbocycles. The van der Waals surface area contributed by atoms with Gasteiger partial charge in [0.25, 0.3) is 0 Å². The molecule has 1 spiro atoms. The van der Waals surface area contributed by atoms with Gasteiger partial charge in [0.15, 0.2) is 0 Å². The summed E-state index contributed by atoms with van der Waals surface area (Å²) < 4.78 is 0. The van der Waals surface area contributed by atoms with Crippen LogP contribution in [0.3, 0.4) is 0 Å². The van der Waals surface area contributed by atoms with Crippen LogP contribution in [0.25, 0.3) is 0 Å². The van der Waals surface area contributed by atoms with E-state index >= 15 is 0 Å². The Balaban J connectivity index is 1.95. The number of hydrogen-bond acceptors (Lipinski definition) is 2. The van der Waals surface area contributed by atoms with Crippen molar-refractivity contribution in [2.45, 2.75) is 39.0 Å². The Morgan fingerprint density at radius 2 is 1.94 bits per heavy atom. The fourth-order valence-corrected chi connectivity index (χ4v) is 2.86. The van der Waals surface area contributed by atoms with Gasteiger partial charge < -0.3 is 10.2 Å². The summed E-state index contributed by atoms with van der Waals surface area (Å²) in [6, 6.07) is 0. The molecule has 16 heavy (non-hydrogen) atoms. The molecule has 0 bridgehead atoms. The van der Waals surface area contributed by atoms with Crippen LogP contribution in [0.2, 0.25) is 0 Å². The molecular weight excluding hydrogens is 204 g/mol. The molecule has 2 aliphatic rings. The zero-order valence-corrected chi connectivity index (χ0v) is 9.92. The molecule has 0 unspecified atom stereocenters. The number of carbonyl (C=O) groups excluding carboxylic acids is 2. The van der Waals surface area contributed by atoms with E-state index in [0.29, 0.717) is 11.8 Å². The van der Waals surface area contributed by atoms with Crippen LogP contribution in [-0.4, -0.2) is 36.3 Å². The largest absolute Gasteiger partial charge is 0.356 e. The van der Waals surface area contributed by atoms with E-state index in [0.717, 1.165) is 45.3 Å². The summed E-state index contributed by atoms with van der Waals surface area (Å²) in [5, 5.41) is 2.93. The van der Waals surface area contributed by atoms with E-state index < -0.39 is 0 Å². The highest BCUT2D eigenvalue weighted by Gasteiger charge is 2.36. The quantitative estimate of drug-likeness (QED) is 0.665. The van der Waals surface area contributed by atoms with Crippen LogP contribution in [-0.2, 0) is 9.59 Å². The molecule has 1 N–H and O–H groups in total. The van der Waals surface area contributed by atoms with Gasteiger partial charge in [-0.05, 0) is 31.1 Å². The van der Waals surface area contributed by atoms with Crippen LogP contribution in [0.1, 0.15) is 39.0 Å². The highest BCUT2D eigenvalue weighted by atomic mass is 16.2. The minimum Gasteiger partial charge on any atom is -0.356 e. The van der Waals surface area contributed by atoms with Crippen molar-refractivity contribution in [1.82, 2.24) is 10.2 Å². The van der Waals surface area contributed by atoms with Gasteiger partial charge in [-0.3, -0.25) is 9.59 Å². The predicted octanol–water partition coefficient (Wildman–Crippen LogP) is 0.915. The Hall–Kier alpha value is -1.06. The Morgan fingerprint density at radius 1 is 1.25 bits per heavy atom. The Kier molecular flexibility index (Phi) is 3.17. The van der Waals surface area contributed by atoms with Gasteiger partial charge in [-0.15, -0.1) is 0 Å². The zero-order valence-electron chi connectivity index (χ0n) is 9.92. The number of likely N-dealkylation sites (tertiary alicyclic amines) is 1. The number of carbonyl (C=O) groups is 2. The van der Waals surface area contributed by atoms with Gasteiger partial charge in [-0.25, -0.2) is 0 Å². The zero-order chi connectivity index (χ0) is 11.6. The van der Waals surface area contributed by atoms with E-state index in [-0.39, 0.29) is 11.8 Å². The second kappa shape index (κ2) is 4.44. The summed E-state index contributed by atoms with van der Waals surface area (Å²) in [5.41, 5.74) is 0.311. The third kappa shape index (κ3) is 2.36. The maximum atomic E-state index is 11.3. The van der Waals surface area contributed by atoms with Gasteiger partial charge in [0.05, 0.1) is 0 Å². The average molecular weight is 224 g/mol. The van der Waals surface area contributed by atoms with E-state index in [1.165, 1.54) is 0 Å². The number of hydrogen-bond donors (Lipinski definition) is 1. The molecule has 4 nitrogen and oxygen atoms in total. The summed E-state index contributed by atoms with van der Waals surface area (Å²) in [7, 11) is 0. The number of piperidine rings is 1. The van der Waals surface area contributed by atoms with E-state index in [2.05, 4.69) is 5.32 Å². The molecule has 2 heterocycles. The van der Waals surface area contributed by atoms with Gasteiger partial charge in [0, 0.05) is 33.0 Å². The van der Waals surface area contributed by atoms with Crippen molar-refractivity contribution in [3.63, 3.8) is 0 Å². The lowest BCUT2D eigenvalue weighted by molar-refractivity contribution is -0.131. The molecule has 0 aromatic heterocycles. The van der Waals surface area contributed by atoms with Gasteiger partial charge >= 0.3 is 0 Å². The molecule has 2 fully saturated rings. The third-order valence-electron chi connectivity index (χ3n) is 4.13. The van der Waals surface area contributed by atoms with Gasteiger partial charge in [0.1, 0.15) is 0 Å². The lowest BCUT2D eigenvalue weighted by Gasteiger charge is -2.41. The Labute approximate surface area is 96.4 Å². The number of nitrogens with one attached hydrogen (secondary N) is 1. The standard InChI is InChI=1S/C12H20N2O2/c1-10(15)14-8-5-12(6-9-14)3-2-11(16)13-7-4-12/h2-9H2,1H3,(H,13,16). The van der Waals surface area contributed by atoms with Crippen molar-refractivity contribution in [3.05, 3.63) is 0 Å². The molecule has 2 aliphatic heterocycles. The van der Waals surface area contributed by atoms with Gasteiger partial charge in [-0.1, -0.05) is 0 Å². The second-order valence-electron chi connectivity index (χ2n) is 5.11. The van der Waals surface area contributed by atoms with E-state index in [4.69, 9.17) is 0 Å². The van der Waals surface area contributed by atoms with Crippen LogP contribution in [0.4, 0.5) is 0 Å². The summed E-state index contributed by atoms with van der Waals surface area (Å²) in [4.78, 5) is 24.5. The first kappa shape index (κ1) is 11.4. The molecule has 0 aromatic carbocycles. The van der Waals surface area contributed by atoms with Crippen molar-refractivity contribution in [1.29, 1.82) is 0 Å². The van der Waals surface area contributed by atoms with E-state index in [1.54, 1.807) is 6.92 Å². The van der Waals surface area contributed by atoms with Crippen LogP contribution in [0.15, 0.2) is 0 Å². The summed E-state index contributed by atoms with van der Waals surface area (Å²) >= 11 is 0. The molecule has 2 amide bonds. The Morgan fingerprint density at radius 3 is 2.56 bits per heavy atom. The van der Waals surface area contributed by atoms with Crippen LogP contribution >= 0.6 is 0 Å². The first-order valence-electron chi connectivity index (χ1n) is 6.14. The summed E-state index contributed by atoms with van der Waals surface area (Å²) in [6.07, 6.45) is 4.83. The minimum absolute atomic E-state index is 0.178. The van der Waals surface area contributed by atoms with E-state index in [1.807, 2.05) is 4.90 Å². The van der Waals surface area contributed by atoms with Gasteiger partial charge in [-0.2, -0.15) is 0 Å². The average Bonchev–Trinajstić information content (AvgIpc) is 2.43. The summed E-state index contributed by atoms with van der Waals surface area (Å²) in [6.45, 7) is 4.17. The lowest BCUT2D eigenvalue weighted by atomic mass is 9.73. The molecule has 0 aromatic rings. The normalized spacial score (nSPS) is 25.1. The highest BCUT2D eigenvalue weighted by Crippen LogP contribution is 2.40. The van der Waals surface area contributed by atoms with Crippen molar-refractivity contribution < 1.29 is 9.59 Å². The third-order valence-corrected chi connectivity index (χ3v) is 4.13. The summed E-state index contributed by atoms with van der Waals surface area (Å²) in [5.74, 6) is 0.364. The number of rotatable bonds is 0. The maximum Gasteiger partial charge on any atom is 0.220 e.